The molecular formula is C49H50BNOS. The first-order chi connectivity index (χ1) is 25.1. The molecule has 0 fully saturated rings. The highest BCUT2D eigenvalue weighted by Crippen LogP contribution is 2.56. The van der Waals surface area contributed by atoms with E-state index in [9.17, 15) is 0 Å². The lowest BCUT2D eigenvalue weighted by atomic mass is 9.36. The van der Waals surface area contributed by atoms with Crippen LogP contribution in [0.15, 0.2) is 78.9 Å². The van der Waals surface area contributed by atoms with E-state index in [4.69, 9.17) is 4.74 Å². The van der Waals surface area contributed by atoms with Gasteiger partial charge in [-0.1, -0.05) is 98.7 Å². The molecule has 0 saturated carbocycles. The van der Waals surface area contributed by atoms with Gasteiger partial charge >= 0.3 is 0 Å². The minimum absolute atomic E-state index is 0.0433. The van der Waals surface area contributed by atoms with E-state index >= 15 is 0 Å². The summed E-state index contributed by atoms with van der Waals surface area (Å²) in [5.41, 5.74) is 19.6. The molecule has 4 aliphatic rings. The Labute approximate surface area is 320 Å². The Morgan fingerprint density at radius 3 is 2.19 bits per heavy atom. The number of benzene rings is 5. The van der Waals surface area contributed by atoms with E-state index in [-0.39, 0.29) is 23.0 Å². The van der Waals surface area contributed by atoms with Gasteiger partial charge in [-0.3, -0.25) is 0 Å². The number of nitrogens with zero attached hydrogens (tertiary/aromatic N) is 1. The highest BCUT2D eigenvalue weighted by Gasteiger charge is 2.47. The number of fused-ring (bicyclic) bond motifs is 11. The number of thiophene rings is 1. The first kappa shape index (κ1) is 33.3. The van der Waals surface area contributed by atoms with Crippen LogP contribution < -0.4 is 25.3 Å². The molecule has 0 bridgehead atoms. The molecule has 2 nitrogen and oxygen atoms in total. The summed E-state index contributed by atoms with van der Waals surface area (Å²) in [4.78, 5) is 2.56. The predicted octanol–water partition coefficient (Wildman–Crippen LogP) is 11.9. The maximum atomic E-state index is 7.16. The van der Waals surface area contributed by atoms with Crippen LogP contribution in [0.3, 0.4) is 0 Å². The van der Waals surface area contributed by atoms with Crippen molar-refractivity contribution in [3.05, 3.63) is 118 Å². The van der Waals surface area contributed by atoms with Crippen LogP contribution in [0.1, 0.15) is 114 Å². The SMILES string of the molecule is Cc1cc2c3c(c1)N(c1ccc(C(C)(C)C)cc1)c1c(sc4ccc(C(C)(C)C)cc14)B3c1cc3c(cc1O2)C(C(C)(C)C)c1ccc2c(c1-3)CCC2. The zero-order valence-corrected chi connectivity index (χ0v) is 33.9. The predicted molar refractivity (Wildman–Crippen MR) is 229 cm³/mol. The van der Waals surface area contributed by atoms with Crippen molar-refractivity contribution in [3.8, 4) is 22.6 Å². The summed E-state index contributed by atoms with van der Waals surface area (Å²) in [7, 11) is 0. The zero-order valence-electron chi connectivity index (χ0n) is 33.0. The second kappa shape index (κ2) is 10.9. The number of aryl methyl sites for hydroxylation is 2. The molecule has 6 aromatic rings. The first-order valence-corrected chi connectivity index (χ1v) is 20.5. The van der Waals surface area contributed by atoms with Crippen LogP contribution in [0, 0.1) is 12.3 Å². The number of hydrogen-bond donors (Lipinski definition) is 0. The van der Waals surface area contributed by atoms with Crippen molar-refractivity contribution in [3.63, 3.8) is 0 Å². The molecule has 0 spiro atoms. The zero-order chi connectivity index (χ0) is 36.9. The van der Waals surface area contributed by atoms with Crippen molar-refractivity contribution in [2.45, 2.75) is 105 Å². The summed E-state index contributed by atoms with van der Waals surface area (Å²) in [5.74, 6) is 2.35. The third-order valence-electron chi connectivity index (χ3n) is 12.6. The van der Waals surface area contributed by atoms with Crippen LogP contribution in [0.5, 0.6) is 11.5 Å². The minimum Gasteiger partial charge on any atom is -0.458 e. The highest BCUT2D eigenvalue weighted by molar-refractivity contribution is 7.33. The lowest BCUT2D eigenvalue weighted by molar-refractivity contribution is 0.362. The number of hydrogen-bond acceptors (Lipinski definition) is 3. The van der Waals surface area contributed by atoms with Crippen molar-refractivity contribution in [2.24, 2.45) is 5.41 Å². The topological polar surface area (TPSA) is 12.5 Å². The third kappa shape index (κ3) is 4.83. The summed E-state index contributed by atoms with van der Waals surface area (Å²) in [6.07, 6.45) is 3.62. The molecule has 0 N–H and O–H groups in total. The van der Waals surface area contributed by atoms with E-state index < -0.39 is 0 Å². The second-order valence-corrected chi connectivity index (χ2v) is 20.5. The fourth-order valence-corrected chi connectivity index (χ4v) is 11.4. The van der Waals surface area contributed by atoms with Gasteiger partial charge in [-0.25, -0.2) is 0 Å². The van der Waals surface area contributed by atoms with Crippen molar-refractivity contribution in [1.29, 1.82) is 0 Å². The lowest BCUT2D eigenvalue weighted by Crippen LogP contribution is -2.58. The monoisotopic (exact) mass is 711 g/mol. The van der Waals surface area contributed by atoms with E-state index in [1.807, 2.05) is 11.3 Å². The maximum absolute atomic E-state index is 7.16. The molecule has 0 amide bonds. The normalized spacial score (nSPS) is 16.9. The average molecular weight is 712 g/mol. The van der Waals surface area contributed by atoms with Crippen LogP contribution >= 0.6 is 11.3 Å². The van der Waals surface area contributed by atoms with Crippen LogP contribution in [0.4, 0.5) is 17.1 Å². The number of anilines is 3. The average Bonchev–Trinajstić information content (AvgIpc) is 3.79. The Hall–Kier alpha value is -4.28. The van der Waals surface area contributed by atoms with E-state index in [2.05, 4.69) is 153 Å². The molecule has 3 heterocycles. The lowest BCUT2D eigenvalue weighted by Gasteiger charge is -2.39. The van der Waals surface area contributed by atoms with Crippen molar-refractivity contribution >= 4 is 60.9 Å². The van der Waals surface area contributed by atoms with Crippen LogP contribution in [0.25, 0.3) is 21.2 Å². The molecule has 0 radical (unpaired) electrons. The molecule has 1 aromatic heterocycles. The molecule has 10 rings (SSSR count). The van der Waals surface area contributed by atoms with Crippen LogP contribution in [0.2, 0.25) is 0 Å². The summed E-state index contributed by atoms with van der Waals surface area (Å²) in [6, 6.07) is 31.2. The van der Waals surface area contributed by atoms with Gasteiger partial charge in [-0.2, -0.15) is 0 Å². The molecule has 1 unspecified atom stereocenters. The molecule has 2 aliphatic carbocycles. The Bertz CT molecular complexity index is 2530. The number of rotatable bonds is 1. The van der Waals surface area contributed by atoms with E-state index in [0.717, 1.165) is 11.5 Å². The molecule has 2 aliphatic heterocycles. The summed E-state index contributed by atoms with van der Waals surface area (Å²) >= 11 is 1.98. The molecule has 0 saturated heterocycles. The van der Waals surface area contributed by atoms with Crippen molar-refractivity contribution < 1.29 is 4.74 Å². The molecule has 5 aromatic carbocycles. The Morgan fingerprint density at radius 1 is 0.736 bits per heavy atom. The van der Waals surface area contributed by atoms with Gasteiger partial charge in [0.05, 0.1) is 5.69 Å². The van der Waals surface area contributed by atoms with Crippen molar-refractivity contribution in [2.75, 3.05) is 4.90 Å². The van der Waals surface area contributed by atoms with Gasteiger partial charge in [0.2, 0.25) is 0 Å². The Morgan fingerprint density at radius 2 is 1.47 bits per heavy atom. The summed E-state index contributed by atoms with van der Waals surface area (Å²) in [5, 5.41) is 1.34. The molecule has 266 valence electrons. The highest BCUT2D eigenvalue weighted by atomic mass is 32.1. The maximum Gasteiger partial charge on any atom is 0.268 e. The smallest absolute Gasteiger partial charge is 0.268 e. The Balaban J connectivity index is 1.27. The van der Waals surface area contributed by atoms with Gasteiger partial charge in [-0.15, -0.1) is 11.3 Å². The quantitative estimate of drug-likeness (QED) is 0.157. The van der Waals surface area contributed by atoms with Gasteiger partial charge in [-0.05, 0) is 146 Å². The first-order valence-electron chi connectivity index (χ1n) is 19.7. The van der Waals surface area contributed by atoms with Gasteiger partial charge in [0.1, 0.15) is 11.5 Å². The van der Waals surface area contributed by atoms with Crippen molar-refractivity contribution in [1.82, 2.24) is 0 Å². The van der Waals surface area contributed by atoms with Gasteiger partial charge in [0.15, 0.2) is 0 Å². The molecule has 4 heteroatoms. The summed E-state index contributed by atoms with van der Waals surface area (Å²) in [6.45, 7) is 23.4. The second-order valence-electron chi connectivity index (χ2n) is 19.4. The fourth-order valence-electron chi connectivity index (χ4n) is 10.1. The molecular weight excluding hydrogens is 661 g/mol. The standard InChI is InChI=1S/C49H50BNOS/c1-27-22-38-44-40(23-27)52-39-26-35-34(42-32-13-11-12-28(32)14-20-33(42)43(35)49(8,9)10)25-37(39)50(44)46-45(36-24-30(48(5,6)7)17-21-41(36)53-46)51(38)31-18-15-29(16-19-31)47(2,3)4/h14-26,43H,11-13H2,1-10H3. The van der Waals surface area contributed by atoms with Crippen LogP contribution in [-0.2, 0) is 23.7 Å². The fraction of sp³-hybridized carbons (Fsp3) is 0.347. The Kier molecular flexibility index (Phi) is 6.86. The number of ether oxygens (including phenoxy) is 1. The largest absolute Gasteiger partial charge is 0.458 e. The van der Waals surface area contributed by atoms with Gasteiger partial charge in [0.25, 0.3) is 6.71 Å². The molecule has 1 atom stereocenters. The van der Waals surface area contributed by atoms with E-state index in [1.54, 1.807) is 11.1 Å². The van der Waals surface area contributed by atoms with Crippen LogP contribution in [-0.4, -0.2) is 6.71 Å². The molecule has 53 heavy (non-hydrogen) atoms. The minimum atomic E-state index is 0.0433. The van der Waals surface area contributed by atoms with Gasteiger partial charge in [0, 0.05) is 32.2 Å². The summed E-state index contributed by atoms with van der Waals surface area (Å²) < 4.78 is 9.92. The van der Waals surface area contributed by atoms with E-state index in [1.165, 1.54) is 101 Å². The van der Waals surface area contributed by atoms with Gasteiger partial charge < -0.3 is 9.64 Å². The third-order valence-corrected chi connectivity index (χ3v) is 13.8. The van der Waals surface area contributed by atoms with E-state index in [0.29, 0.717) is 5.92 Å².